The maximum atomic E-state index is 4.18. The van der Waals surface area contributed by atoms with Gasteiger partial charge in [-0.25, -0.2) is 0 Å². The van der Waals surface area contributed by atoms with Crippen LogP contribution in [0.15, 0.2) is 21.9 Å². The molecule has 0 amide bonds. The summed E-state index contributed by atoms with van der Waals surface area (Å²) in [6, 6.07) is 4.26. The molecule has 0 unspecified atom stereocenters. The van der Waals surface area contributed by atoms with Crippen molar-refractivity contribution < 1.29 is 0 Å². The van der Waals surface area contributed by atoms with Gasteiger partial charge in [-0.2, -0.15) is 0 Å². The highest BCUT2D eigenvalue weighted by Crippen LogP contribution is 2.26. The topological polar surface area (TPSA) is 37.8 Å². The number of thiophene rings is 1. The summed E-state index contributed by atoms with van der Waals surface area (Å²) in [5.41, 5.74) is 0. The van der Waals surface area contributed by atoms with E-state index in [2.05, 4.69) is 40.0 Å². The number of hydrogen-bond acceptors (Lipinski definition) is 6. The van der Waals surface area contributed by atoms with Crippen molar-refractivity contribution in [2.45, 2.75) is 30.5 Å². The molecule has 0 fully saturated rings. The van der Waals surface area contributed by atoms with Crippen molar-refractivity contribution in [1.82, 2.24) is 10.2 Å². The molecule has 1 N–H and O–H groups in total. The highest BCUT2D eigenvalue weighted by Gasteiger charge is 2.03. The van der Waals surface area contributed by atoms with Gasteiger partial charge in [0.1, 0.15) is 0 Å². The lowest BCUT2D eigenvalue weighted by molar-refractivity contribution is 0.894. The normalized spacial score (nSPS) is 10.7. The molecule has 0 aliphatic carbocycles. The van der Waals surface area contributed by atoms with Crippen LogP contribution in [0.3, 0.4) is 0 Å². The fourth-order valence-corrected chi connectivity index (χ4v) is 4.03. The minimum Gasteiger partial charge on any atom is -0.360 e. The van der Waals surface area contributed by atoms with Crippen LogP contribution in [-0.2, 0) is 6.42 Å². The van der Waals surface area contributed by atoms with Crippen molar-refractivity contribution in [3.8, 4) is 0 Å². The molecule has 0 aliphatic heterocycles. The zero-order valence-corrected chi connectivity index (χ0v) is 12.8. The highest BCUT2D eigenvalue weighted by atomic mass is 32.2. The van der Waals surface area contributed by atoms with Crippen LogP contribution in [0, 0.1) is 0 Å². The standard InChI is InChI=1S/C12H17N3S3/c1-2-3-8-17-12-15-14-11(18-12)13-7-6-10-5-4-9-16-10/h4-5,9H,2-3,6-8H2,1H3,(H,13,14). The molecule has 2 aromatic heterocycles. The molecule has 0 saturated heterocycles. The first-order valence-corrected chi connectivity index (χ1v) is 8.79. The van der Waals surface area contributed by atoms with Crippen molar-refractivity contribution in [2.75, 3.05) is 17.6 Å². The average Bonchev–Trinajstić information content (AvgIpc) is 3.01. The van der Waals surface area contributed by atoms with Crippen LogP contribution in [0.5, 0.6) is 0 Å². The van der Waals surface area contributed by atoms with Gasteiger partial charge in [0.15, 0.2) is 4.34 Å². The van der Waals surface area contributed by atoms with Crippen LogP contribution >= 0.6 is 34.4 Å². The minimum atomic E-state index is 0.925. The van der Waals surface area contributed by atoms with Crippen molar-refractivity contribution in [3.63, 3.8) is 0 Å². The van der Waals surface area contributed by atoms with Crippen molar-refractivity contribution in [2.24, 2.45) is 0 Å². The highest BCUT2D eigenvalue weighted by molar-refractivity contribution is 8.01. The van der Waals surface area contributed by atoms with E-state index in [4.69, 9.17) is 0 Å². The molecular weight excluding hydrogens is 282 g/mol. The second-order valence-electron chi connectivity index (χ2n) is 3.83. The molecule has 0 bridgehead atoms. The quantitative estimate of drug-likeness (QED) is 0.587. The van der Waals surface area contributed by atoms with Gasteiger partial charge in [-0.15, -0.1) is 21.5 Å². The Labute approximate surface area is 120 Å². The van der Waals surface area contributed by atoms with E-state index in [0.717, 1.165) is 28.2 Å². The van der Waals surface area contributed by atoms with Crippen molar-refractivity contribution in [3.05, 3.63) is 22.4 Å². The summed E-state index contributed by atoms with van der Waals surface area (Å²) < 4.78 is 1.07. The van der Waals surface area contributed by atoms with E-state index in [1.807, 2.05) is 0 Å². The lowest BCUT2D eigenvalue weighted by Gasteiger charge is -1.99. The second-order valence-corrected chi connectivity index (χ2v) is 7.18. The molecule has 0 aromatic carbocycles. The largest absolute Gasteiger partial charge is 0.360 e. The summed E-state index contributed by atoms with van der Waals surface area (Å²) >= 11 is 5.26. The Kier molecular flexibility index (Phi) is 5.96. The molecule has 0 radical (unpaired) electrons. The molecule has 98 valence electrons. The van der Waals surface area contributed by atoms with Gasteiger partial charge in [-0.05, 0) is 24.3 Å². The summed E-state index contributed by atoms with van der Waals surface area (Å²) in [4.78, 5) is 1.41. The van der Waals surface area contributed by atoms with Gasteiger partial charge < -0.3 is 5.32 Å². The Morgan fingerprint density at radius 3 is 3.11 bits per heavy atom. The molecule has 6 heteroatoms. The van der Waals surface area contributed by atoms with E-state index in [-0.39, 0.29) is 0 Å². The first-order valence-electron chi connectivity index (χ1n) is 6.11. The van der Waals surface area contributed by atoms with Crippen molar-refractivity contribution in [1.29, 1.82) is 0 Å². The number of anilines is 1. The lowest BCUT2D eigenvalue weighted by Crippen LogP contribution is -2.03. The summed E-state index contributed by atoms with van der Waals surface area (Å²) in [5.74, 6) is 1.14. The van der Waals surface area contributed by atoms with Crippen LogP contribution in [0.4, 0.5) is 5.13 Å². The number of nitrogens with one attached hydrogen (secondary N) is 1. The molecule has 0 atom stereocenters. The molecule has 0 saturated carbocycles. The number of nitrogens with zero attached hydrogens (tertiary/aromatic N) is 2. The SMILES string of the molecule is CCCCSc1nnc(NCCc2cccs2)s1. The lowest BCUT2D eigenvalue weighted by atomic mass is 10.3. The van der Waals surface area contributed by atoms with E-state index in [1.54, 1.807) is 34.4 Å². The molecular formula is C12H17N3S3. The number of unbranched alkanes of at least 4 members (excludes halogenated alkanes) is 1. The average molecular weight is 299 g/mol. The fourth-order valence-electron chi connectivity index (χ4n) is 1.39. The van der Waals surface area contributed by atoms with Crippen LogP contribution < -0.4 is 5.32 Å². The Hall–Kier alpha value is -0.590. The second kappa shape index (κ2) is 7.76. The summed E-state index contributed by atoms with van der Waals surface area (Å²) in [5, 5.41) is 14.7. The predicted octanol–water partition coefficient (Wildman–Crippen LogP) is 4.15. The van der Waals surface area contributed by atoms with Gasteiger partial charge in [-0.1, -0.05) is 42.5 Å². The number of hydrogen-bond donors (Lipinski definition) is 1. The van der Waals surface area contributed by atoms with Crippen LogP contribution in [0.25, 0.3) is 0 Å². The number of rotatable bonds is 8. The first-order chi connectivity index (χ1) is 8.88. The molecule has 18 heavy (non-hydrogen) atoms. The Bertz CT molecular complexity index is 439. The molecule has 0 aliphatic rings. The Morgan fingerprint density at radius 1 is 1.39 bits per heavy atom. The Morgan fingerprint density at radius 2 is 2.33 bits per heavy atom. The predicted molar refractivity (Wildman–Crippen MR) is 82.1 cm³/mol. The van der Waals surface area contributed by atoms with Gasteiger partial charge in [-0.3, -0.25) is 0 Å². The van der Waals surface area contributed by atoms with Gasteiger partial charge in [0.05, 0.1) is 0 Å². The third-order valence-electron chi connectivity index (χ3n) is 2.36. The first kappa shape index (κ1) is 13.8. The van der Waals surface area contributed by atoms with E-state index >= 15 is 0 Å². The van der Waals surface area contributed by atoms with Crippen molar-refractivity contribution >= 4 is 39.6 Å². The van der Waals surface area contributed by atoms with Crippen LogP contribution in [0.1, 0.15) is 24.6 Å². The summed E-state index contributed by atoms with van der Waals surface area (Å²) in [7, 11) is 0. The van der Waals surface area contributed by atoms with E-state index in [0.29, 0.717) is 0 Å². The maximum Gasteiger partial charge on any atom is 0.206 e. The minimum absolute atomic E-state index is 0.925. The molecule has 2 rings (SSSR count). The summed E-state index contributed by atoms with van der Waals surface area (Å²) in [6.07, 6.45) is 3.53. The smallest absolute Gasteiger partial charge is 0.206 e. The maximum absolute atomic E-state index is 4.18. The Balaban J connectivity index is 1.69. The third kappa shape index (κ3) is 4.59. The zero-order chi connectivity index (χ0) is 12.6. The number of thioether (sulfide) groups is 1. The monoisotopic (exact) mass is 299 g/mol. The van der Waals surface area contributed by atoms with E-state index in [1.165, 1.54) is 17.7 Å². The molecule has 3 nitrogen and oxygen atoms in total. The van der Waals surface area contributed by atoms with Crippen LogP contribution in [0.2, 0.25) is 0 Å². The van der Waals surface area contributed by atoms with Gasteiger partial charge in [0.2, 0.25) is 5.13 Å². The molecule has 0 spiro atoms. The van der Waals surface area contributed by atoms with Gasteiger partial charge >= 0.3 is 0 Å². The number of aromatic nitrogens is 2. The van der Waals surface area contributed by atoms with Crippen LogP contribution in [-0.4, -0.2) is 22.5 Å². The van der Waals surface area contributed by atoms with E-state index in [9.17, 15) is 0 Å². The van der Waals surface area contributed by atoms with Gasteiger partial charge in [0.25, 0.3) is 0 Å². The van der Waals surface area contributed by atoms with Gasteiger partial charge in [0, 0.05) is 17.2 Å². The zero-order valence-electron chi connectivity index (χ0n) is 10.4. The molecule has 2 heterocycles. The van der Waals surface area contributed by atoms with E-state index < -0.39 is 0 Å². The molecule has 2 aromatic rings. The fraction of sp³-hybridized carbons (Fsp3) is 0.500. The third-order valence-corrected chi connectivity index (χ3v) is 5.39. The summed E-state index contributed by atoms with van der Waals surface area (Å²) in [6.45, 7) is 3.13.